The molecule has 0 atom stereocenters. The molecule has 0 bridgehead atoms. The average Bonchev–Trinajstić information content (AvgIpc) is 3.26. The van der Waals surface area contributed by atoms with Crippen LogP contribution in [0.3, 0.4) is 0 Å². The van der Waals surface area contributed by atoms with Crippen molar-refractivity contribution in [1.82, 2.24) is 9.13 Å². The van der Waals surface area contributed by atoms with Gasteiger partial charge in [0, 0.05) is 44.8 Å². The van der Waals surface area contributed by atoms with Crippen LogP contribution in [0.2, 0.25) is 0 Å². The van der Waals surface area contributed by atoms with E-state index in [-0.39, 0.29) is 0 Å². The fraction of sp³-hybridized carbons (Fsp3) is 0.0769. The molecule has 0 aliphatic carbocycles. The molecule has 0 fully saturated rings. The summed E-state index contributed by atoms with van der Waals surface area (Å²) in [5.74, 6) is 0. The van der Waals surface area contributed by atoms with Crippen LogP contribution in [0.25, 0.3) is 49.3 Å². The number of para-hydroxylation sites is 3. The fourth-order valence-electron chi connectivity index (χ4n) is 4.72. The first kappa shape index (κ1) is 15.5. The number of aryl methyl sites for hydroxylation is 1. The van der Waals surface area contributed by atoms with Gasteiger partial charge in [0.1, 0.15) is 0 Å². The van der Waals surface area contributed by atoms with E-state index in [1.54, 1.807) is 0 Å². The molecule has 2 heterocycles. The Labute approximate surface area is 163 Å². The maximum atomic E-state index is 2.40. The van der Waals surface area contributed by atoms with E-state index < -0.39 is 0 Å². The van der Waals surface area contributed by atoms with Crippen LogP contribution in [0, 0.1) is 0 Å². The molecule has 6 rings (SSSR count). The molecule has 0 aliphatic heterocycles. The van der Waals surface area contributed by atoms with Crippen molar-refractivity contribution in [1.29, 1.82) is 0 Å². The summed E-state index contributed by atoms with van der Waals surface area (Å²) in [7, 11) is 0. The van der Waals surface area contributed by atoms with Crippen molar-refractivity contribution in [3.8, 4) is 5.69 Å². The van der Waals surface area contributed by atoms with Gasteiger partial charge in [-0.2, -0.15) is 0 Å². The number of hydrogen-bond donors (Lipinski definition) is 0. The summed E-state index contributed by atoms with van der Waals surface area (Å²) in [5, 5.41) is 5.24. The van der Waals surface area contributed by atoms with E-state index in [4.69, 9.17) is 0 Å². The molecule has 0 unspecified atom stereocenters. The molecule has 0 saturated heterocycles. The second-order valence-corrected chi connectivity index (χ2v) is 7.33. The first-order valence-corrected chi connectivity index (χ1v) is 9.86. The van der Waals surface area contributed by atoms with Crippen LogP contribution in [0.5, 0.6) is 0 Å². The highest BCUT2D eigenvalue weighted by Crippen LogP contribution is 2.35. The van der Waals surface area contributed by atoms with Crippen LogP contribution in [0.4, 0.5) is 0 Å². The van der Waals surface area contributed by atoms with Gasteiger partial charge in [0.05, 0.1) is 11.0 Å². The zero-order chi connectivity index (χ0) is 18.7. The second-order valence-electron chi connectivity index (χ2n) is 7.33. The lowest BCUT2D eigenvalue weighted by Gasteiger charge is -2.09. The summed E-state index contributed by atoms with van der Waals surface area (Å²) in [6.07, 6.45) is 0. The molecule has 0 N–H and O–H groups in total. The predicted octanol–water partition coefficient (Wildman–Crippen LogP) is 6.91. The van der Waals surface area contributed by atoms with E-state index in [9.17, 15) is 0 Å². The van der Waals surface area contributed by atoms with Gasteiger partial charge in [-0.05, 0) is 43.3 Å². The monoisotopic (exact) mass is 360 g/mol. The van der Waals surface area contributed by atoms with Crippen LogP contribution >= 0.6 is 0 Å². The van der Waals surface area contributed by atoms with Gasteiger partial charge in [-0.25, -0.2) is 0 Å². The lowest BCUT2D eigenvalue weighted by Crippen LogP contribution is -1.95. The Morgan fingerprint density at radius 2 is 1.04 bits per heavy atom. The topological polar surface area (TPSA) is 9.86 Å². The average molecular weight is 360 g/mol. The summed E-state index contributed by atoms with van der Waals surface area (Å²) in [6.45, 7) is 3.19. The second kappa shape index (κ2) is 5.74. The zero-order valence-electron chi connectivity index (χ0n) is 15.8. The molecule has 0 aliphatic rings. The highest BCUT2D eigenvalue weighted by atomic mass is 15.0. The van der Waals surface area contributed by atoms with Crippen molar-refractivity contribution in [2.24, 2.45) is 0 Å². The van der Waals surface area contributed by atoms with Crippen LogP contribution in [0.15, 0.2) is 91.0 Å². The smallest absolute Gasteiger partial charge is 0.0541 e. The number of nitrogens with zero attached hydrogens (tertiary/aromatic N) is 2. The van der Waals surface area contributed by atoms with Crippen LogP contribution in [-0.4, -0.2) is 9.13 Å². The summed E-state index contributed by atoms with van der Waals surface area (Å²) in [6, 6.07) is 33.0. The first-order valence-electron chi connectivity index (χ1n) is 9.86. The molecule has 2 nitrogen and oxygen atoms in total. The third kappa shape index (κ3) is 1.97. The Hall–Kier alpha value is -3.52. The minimum Gasteiger partial charge on any atom is -0.341 e. The van der Waals surface area contributed by atoms with Gasteiger partial charge >= 0.3 is 0 Å². The Balaban J connectivity index is 1.75. The SMILES string of the molecule is CCn1c2ccccc2c2cc(-n3c4ccccc4c4ccccc43)ccc21. The molecular weight excluding hydrogens is 340 g/mol. The quantitative estimate of drug-likeness (QED) is 0.317. The minimum absolute atomic E-state index is 0.971. The molecule has 0 saturated carbocycles. The van der Waals surface area contributed by atoms with Gasteiger partial charge in [0.25, 0.3) is 0 Å². The summed E-state index contributed by atoms with van der Waals surface area (Å²) in [5.41, 5.74) is 6.32. The molecule has 0 spiro atoms. The lowest BCUT2D eigenvalue weighted by atomic mass is 10.1. The molecule has 0 radical (unpaired) electrons. The number of aromatic nitrogens is 2. The highest BCUT2D eigenvalue weighted by molar-refractivity contribution is 6.11. The van der Waals surface area contributed by atoms with Gasteiger partial charge < -0.3 is 9.13 Å². The minimum atomic E-state index is 0.971. The Morgan fingerprint density at radius 1 is 0.536 bits per heavy atom. The van der Waals surface area contributed by atoms with Crippen LogP contribution in [-0.2, 0) is 6.54 Å². The Kier molecular flexibility index (Phi) is 3.18. The normalized spacial score (nSPS) is 11.9. The van der Waals surface area contributed by atoms with Crippen LogP contribution in [0.1, 0.15) is 6.92 Å². The third-order valence-electron chi connectivity index (χ3n) is 5.91. The van der Waals surface area contributed by atoms with E-state index in [1.165, 1.54) is 49.3 Å². The van der Waals surface area contributed by atoms with E-state index in [2.05, 4.69) is 107 Å². The molecule has 2 aromatic heterocycles. The number of fused-ring (bicyclic) bond motifs is 6. The third-order valence-corrected chi connectivity index (χ3v) is 5.91. The van der Waals surface area contributed by atoms with Crippen molar-refractivity contribution < 1.29 is 0 Å². The van der Waals surface area contributed by atoms with Crippen molar-refractivity contribution in [3.05, 3.63) is 91.0 Å². The van der Waals surface area contributed by atoms with Gasteiger partial charge in [0.2, 0.25) is 0 Å². The molecule has 4 aromatic carbocycles. The van der Waals surface area contributed by atoms with Gasteiger partial charge in [-0.15, -0.1) is 0 Å². The zero-order valence-corrected chi connectivity index (χ0v) is 15.8. The van der Waals surface area contributed by atoms with Crippen molar-refractivity contribution in [2.75, 3.05) is 0 Å². The number of hydrogen-bond acceptors (Lipinski definition) is 0. The Bertz CT molecular complexity index is 1440. The maximum absolute atomic E-state index is 2.40. The largest absolute Gasteiger partial charge is 0.341 e. The fourth-order valence-corrected chi connectivity index (χ4v) is 4.72. The van der Waals surface area contributed by atoms with E-state index in [1.807, 2.05) is 0 Å². The summed E-state index contributed by atoms with van der Waals surface area (Å²) < 4.78 is 4.79. The Morgan fingerprint density at radius 3 is 1.64 bits per heavy atom. The molecule has 134 valence electrons. The van der Waals surface area contributed by atoms with Gasteiger partial charge in [0.15, 0.2) is 0 Å². The van der Waals surface area contributed by atoms with Crippen molar-refractivity contribution in [3.63, 3.8) is 0 Å². The number of rotatable bonds is 2. The van der Waals surface area contributed by atoms with E-state index in [0.717, 1.165) is 6.54 Å². The van der Waals surface area contributed by atoms with Crippen molar-refractivity contribution in [2.45, 2.75) is 13.5 Å². The lowest BCUT2D eigenvalue weighted by molar-refractivity contribution is 0.827. The molecule has 28 heavy (non-hydrogen) atoms. The molecule has 0 amide bonds. The first-order chi connectivity index (χ1) is 13.9. The summed E-state index contributed by atoms with van der Waals surface area (Å²) in [4.78, 5) is 0. The van der Waals surface area contributed by atoms with Crippen LogP contribution < -0.4 is 0 Å². The van der Waals surface area contributed by atoms with Gasteiger partial charge in [-0.3, -0.25) is 0 Å². The standard InChI is InChI=1S/C26H20N2/c1-2-27-23-12-6-3-11-21(23)22-17-18(15-16-24(22)27)28-25-13-7-4-9-19(25)20-10-5-8-14-26(20)28/h3-17H,2H2,1H3. The molecule has 2 heteroatoms. The van der Waals surface area contributed by atoms with Gasteiger partial charge in [-0.1, -0.05) is 54.6 Å². The molecular formula is C26H20N2. The number of benzene rings is 4. The summed E-state index contributed by atoms with van der Waals surface area (Å²) >= 11 is 0. The highest BCUT2D eigenvalue weighted by Gasteiger charge is 2.14. The maximum Gasteiger partial charge on any atom is 0.0541 e. The van der Waals surface area contributed by atoms with Crippen molar-refractivity contribution >= 4 is 43.6 Å². The molecule has 6 aromatic rings. The van der Waals surface area contributed by atoms with E-state index >= 15 is 0 Å². The van der Waals surface area contributed by atoms with E-state index in [0.29, 0.717) is 0 Å². The predicted molar refractivity (Wildman–Crippen MR) is 119 cm³/mol.